The minimum absolute atomic E-state index is 0.000182. The molecule has 6 nitrogen and oxygen atoms in total. The maximum Gasteiger partial charge on any atom is 0.308 e. The van der Waals surface area contributed by atoms with E-state index in [0.717, 1.165) is 5.56 Å². The van der Waals surface area contributed by atoms with Crippen LogP contribution in [0.3, 0.4) is 0 Å². The molecule has 1 unspecified atom stereocenters. The van der Waals surface area contributed by atoms with E-state index in [1.165, 1.54) is 12.1 Å². The monoisotopic (exact) mass is 294 g/mol. The zero-order chi connectivity index (χ0) is 16.2. The number of aliphatic carboxylic acids is 1. The van der Waals surface area contributed by atoms with Gasteiger partial charge < -0.3 is 10.4 Å². The molecule has 0 heterocycles. The quantitative estimate of drug-likeness (QED) is 0.619. The van der Waals surface area contributed by atoms with Gasteiger partial charge in [-0.2, -0.15) is 0 Å². The standard InChI is InChI=1S/C15H22N2O4/c1-10-5-12(7-13(6-10)17(20)21)16-9-11(14(18)19)8-15(2,3)4/h5-7,11,16H,8-9H2,1-4H3,(H,18,19). The molecule has 0 saturated carbocycles. The largest absolute Gasteiger partial charge is 0.481 e. The van der Waals surface area contributed by atoms with Crippen LogP contribution in [-0.2, 0) is 4.79 Å². The summed E-state index contributed by atoms with van der Waals surface area (Å²) in [7, 11) is 0. The van der Waals surface area contributed by atoms with Crippen LogP contribution in [0.15, 0.2) is 18.2 Å². The lowest BCUT2D eigenvalue weighted by Crippen LogP contribution is -2.27. The minimum Gasteiger partial charge on any atom is -0.481 e. The number of aryl methyl sites for hydroxylation is 1. The van der Waals surface area contributed by atoms with Gasteiger partial charge in [-0.1, -0.05) is 20.8 Å². The highest BCUT2D eigenvalue weighted by Crippen LogP contribution is 2.26. The van der Waals surface area contributed by atoms with E-state index < -0.39 is 16.8 Å². The Morgan fingerprint density at radius 1 is 1.38 bits per heavy atom. The summed E-state index contributed by atoms with van der Waals surface area (Å²) in [6, 6.07) is 4.67. The summed E-state index contributed by atoms with van der Waals surface area (Å²) in [5, 5.41) is 23.1. The molecule has 0 bridgehead atoms. The predicted molar refractivity (Wildman–Crippen MR) is 81.5 cm³/mol. The van der Waals surface area contributed by atoms with Crippen molar-refractivity contribution in [2.75, 3.05) is 11.9 Å². The number of carboxylic acids is 1. The number of nitro benzene ring substituents is 1. The van der Waals surface area contributed by atoms with Gasteiger partial charge >= 0.3 is 5.97 Å². The number of nitro groups is 1. The van der Waals surface area contributed by atoms with E-state index in [9.17, 15) is 20.0 Å². The maximum atomic E-state index is 11.3. The molecule has 0 amide bonds. The molecule has 2 N–H and O–H groups in total. The van der Waals surface area contributed by atoms with Crippen LogP contribution in [0.25, 0.3) is 0 Å². The second kappa shape index (κ2) is 6.56. The summed E-state index contributed by atoms with van der Waals surface area (Å²) in [4.78, 5) is 21.7. The van der Waals surface area contributed by atoms with Crippen LogP contribution >= 0.6 is 0 Å². The molecule has 0 spiro atoms. The normalized spacial score (nSPS) is 12.8. The van der Waals surface area contributed by atoms with Gasteiger partial charge in [0.05, 0.1) is 10.8 Å². The van der Waals surface area contributed by atoms with Crippen molar-refractivity contribution in [2.24, 2.45) is 11.3 Å². The molecule has 0 fully saturated rings. The molecule has 116 valence electrons. The predicted octanol–water partition coefficient (Wildman–Crippen LogP) is 3.45. The Morgan fingerprint density at radius 2 is 2.00 bits per heavy atom. The summed E-state index contributed by atoms with van der Waals surface area (Å²) in [5.41, 5.74) is 1.24. The van der Waals surface area contributed by atoms with E-state index in [1.807, 2.05) is 20.8 Å². The van der Waals surface area contributed by atoms with Gasteiger partial charge in [-0.05, 0) is 30.4 Å². The number of carboxylic acid groups (broad SMARTS) is 1. The van der Waals surface area contributed by atoms with Gasteiger partial charge in [0, 0.05) is 24.4 Å². The molecule has 0 aliphatic rings. The lowest BCUT2D eigenvalue weighted by molar-refractivity contribution is -0.384. The van der Waals surface area contributed by atoms with Crippen molar-refractivity contribution in [1.29, 1.82) is 0 Å². The fourth-order valence-electron chi connectivity index (χ4n) is 2.20. The maximum absolute atomic E-state index is 11.3. The second-order valence-electron chi connectivity index (χ2n) is 6.50. The number of rotatable bonds is 6. The van der Waals surface area contributed by atoms with Gasteiger partial charge in [0.15, 0.2) is 0 Å². The molecule has 0 saturated heterocycles. The Hall–Kier alpha value is -2.11. The molecular weight excluding hydrogens is 272 g/mol. The molecule has 21 heavy (non-hydrogen) atoms. The van der Waals surface area contributed by atoms with Gasteiger partial charge in [0.25, 0.3) is 5.69 Å². The van der Waals surface area contributed by atoms with Crippen molar-refractivity contribution in [2.45, 2.75) is 34.1 Å². The number of hydrogen-bond donors (Lipinski definition) is 2. The van der Waals surface area contributed by atoms with Gasteiger partial charge in [-0.25, -0.2) is 0 Å². The Labute approximate surface area is 124 Å². The fraction of sp³-hybridized carbons (Fsp3) is 0.533. The van der Waals surface area contributed by atoms with Crippen molar-refractivity contribution in [1.82, 2.24) is 0 Å². The van der Waals surface area contributed by atoms with Crippen LogP contribution in [0.2, 0.25) is 0 Å². The van der Waals surface area contributed by atoms with Crippen molar-refractivity contribution in [3.05, 3.63) is 33.9 Å². The summed E-state index contributed by atoms with van der Waals surface area (Å²) in [6.45, 7) is 7.97. The number of benzene rings is 1. The molecule has 1 atom stereocenters. The van der Waals surface area contributed by atoms with Crippen molar-refractivity contribution in [3.63, 3.8) is 0 Å². The Bertz CT molecular complexity index is 535. The van der Waals surface area contributed by atoms with E-state index in [1.54, 1.807) is 13.0 Å². The van der Waals surface area contributed by atoms with Crippen LogP contribution < -0.4 is 5.32 Å². The van der Waals surface area contributed by atoms with Gasteiger partial charge in [-0.15, -0.1) is 0 Å². The fourth-order valence-corrected chi connectivity index (χ4v) is 2.20. The smallest absolute Gasteiger partial charge is 0.308 e. The van der Waals surface area contributed by atoms with Crippen molar-refractivity contribution in [3.8, 4) is 0 Å². The van der Waals surface area contributed by atoms with E-state index in [-0.39, 0.29) is 17.6 Å². The second-order valence-corrected chi connectivity index (χ2v) is 6.50. The third-order valence-electron chi connectivity index (χ3n) is 3.03. The molecule has 1 aromatic rings. The Kier molecular flexibility index (Phi) is 5.29. The zero-order valence-corrected chi connectivity index (χ0v) is 12.8. The zero-order valence-electron chi connectivity index (χ0n) is 12.8. The molecule has 0 radical (unpaired) electrons. The van der Waals surface area contributed by atoms with Crippen molar-refractivity contribution < 1.29 is 14.8 Å². The van der Waals surface area contributed by atoms with E-state index in [4.69, 9.17) is 0 Å². The summed E-state index contributed by atoms with van der Waals surface area (Å²) < 4.78 is 0. The molecule has 0 aliphatic heterocycles. The first-order valence-corrected chi connectivity index (χ1v) is 6.81. The Morgan fingerprint density at radius 3 is 2.48 bits per heavy atom. The van der Waals surface area contributed by atoms with E-state index in [0.29, 0.717) is 12.1 Å². The highest BCUT2D eigenvalue weighted by Gasteiger charge is 2.24. The minimum atomic E-state index is -0.862. The van der Waals surface area contributed by atoms with E-state index >= 15 is 0 Å². The van der Waals surface area contributed by atoms with Crippen LogP contribution in [0.4, 0.5) is 11.4 Å². The first-order chi connectivity index (χ1) is 9.58. The molecule has 1 aromatic carbocycles. The first-order valence-electron chi connectivity index (χ1n) is 6.81. The summed E-state index contributed by atoms with van der Waals surface area (Å²) >= 11 is 0. The number of nitrogens with zero attached hydrogens (tertiary/aromatic N) is 1. The molecule has 6 heteroatoms. The van der Waals surface area contributed by atoms with Crippen LogP contribution in [0.5, 0.6) is 0 Å². The number of anilines is 1. The molecular formula is C15H22N2O4. The van der Waals surface area contributed by atoms with Crippen molar-refractivity contribution >= 4 is 17.3 Å². The van der Waals surface area contributed by atoms with Crippen LogP contribution in [-0.4, -0.2) is 22.5 Å². The summed E-state index contributed by atoms with van der Waals surface area (Å²) in [6.07, 6.45) is 0.531. The third-order valence-corrected chi connectivity index (χ3v) is 3.03. The molecule has 1 rings (SSSR count). The van der Waals surface area contributed by atoms with Gasteiger partial charge in [0.2, 0.25) is 0 Å². The molecule has 0 aliphatic carbocycles. The third kappa shape index (κ3) is 5.81. The number of hydrogen-bond acceptors (Lipinski definition) is 4. The van der Waals surface area contributed by atoms with E-state index in [2.05, 4.69) is 5.32 Å². The highest BCUT2D eigenvalue weighted by atomic mass is 16.6. The highest BCUT2D eigenvalue weighted by molar-refractivity contribution is 5.71. The number of carbonyl (C=O) groups is 1. The van der Waals surface area contributed by atoms with Gasteiger partial charge in [0.1, 0.15) is 0 Å². The Balaban J connectivity index is 2.81. The van der Waals surface area contributed by atoms with Crippen LogP contribution in [0.1, 0.15) is 32.8 Å². The summed E-state index contributed by atoms with van der Waals surface area (Å²) in [5.74, 6) is -1.40. The number of nitrogens with one attached hydrogen (secondary N) is 1. The average Bonchev–Trinajstić information content (AvgIpc) is 2.32. The van der Waals surface area contributed by atoms with Gasteiger partial charge in [-0.3, -0.25) is 14.9 Å². The SMILES string of the molecule is Cc1cc(NCC(CC(C)(C)C)C(=O)O)cc([N+](=O)[O-])c1. The lowest BCUT2D eigenvalue weighted by Gasteiger charge is -2.23. The lowest BCUT2D eigenvalue weighted by atomic mass is 9.84. The average molecular weight is 294 g/mol. The van der Waals surface area contributed by atoms with Crippen LogP contribution in [0, 0.1) is 28.4 Å². The first kappa shape index (κ1) is 16.9. The molecule has 0 aromatic heterocycles. The topological polar surface area (TPSA) is 92.5 Å². The number of non-ortho nitro benzene ring substituents is 1.